The predicted octanol–water partition coefficient (Wildman–Crippen LogP) is 3.40. The second kappa shape index (κ2) is 7.62. The number of rotatable bonds is 7. The van der Waals surface area contributed by atoms with Crippen LogP contribution in [0.5, 0.6) is 5.75 Å². The van der Waals surface area contributed by atoms with Gasteiger partial charge in [-0.2, -0.15) is 0 Å². The summed E-state index contributed by atoms with van der Waals surface area (Å²) in [7, 11) is -3.36. The molecule has 0 saturated carbocycles. The second-order valence-corrected chi connectivity index (χ2v) is 7.68. The van der Waals surface area contributed by atoms with Crippen LogP contribution in [0.2, 0.25) is 0 Å². The number of hydrogen-bond acceptors (Lipinski definition) is 3. The Labute approximate surface area is 138 Å². The van der Waals surface area contributed by atoms with E-state index in [1.165, 1.54) is 0 Å². The van der Waals surface area contributed by atoms with Crippen LogP contribution in [0.1, 0.15) is 30.5 Å². The van der Waals surface area contributed by atoms with E-state index >= 15 is 0 Å². The molecule has 0 atom stereocenters. The Kier molecular flexibility index (Phi) is 5.80. The summed E-state index contributed by atoms with van der Waals surface area (Å²) < 4.78 is 32.5. The van der Waals surface area contributed by atoms with Gasteiger partial charge in [-0.3, -0.25) is 0 Å². The Morgan fingerprint density at radius 2 is 1.52 bits per heavy atom. The zero-order valence-electron chi connectivity index (χ0n) is 13.7. The van der Waals surface area contributed by atoms with Crippen LogP contribution in [-0.2, 0) is 22.3 Å². The molecule has 0 aliphatic heterocycles. The maximum Gasteiger partial charge on any atom is 0.216 e. The van der Waals surface area contributed by atoms with E-state index < -0.39 is 10.0 Å². The van der Waals surface area contributed by atoms with Gasteiger partial charge in [-0.05, 0) is 44.0 Å². The van der Waals surface area contributed by atoms with Gasteiger partial charge in [0.1, 0.15) is 5.75 Å². The van der Waals surface area contributed by atoms with Crippen LogP contribution in [0.4, 0.5) is 0 Å². The SMILES string of the molecule is Cc1ccc(CS(=O)(=O)NCc2ccc(OC(C)C)cc2)cc1. The highest BCUT2D eigenvalue weighted by molar-refractivity contribution is 7.88. The zero-order valence-corrected chi connectivity index (χ0v) is 14.6. The third-order valence-corrected chi connectivity index (χ3v) is 4.57. The van der Waals surface area contributed by atoms with E-state index in [1.807, 2.05) is 69.3 Å². The molecule has 0 spiro atoms. The molecule has 23 heavy (non-hydrogen) atoms. The number of hydrogen-bond donors (Lipinski definition) is 1. The van der Waals surface area contributed by atoms with Crippen molar-refractivity contribution in [2.45, 2.75) is 39.2 Å². The topological polar surface area (TPSA) is 55.4 Å². The largest absolute Gasteiger partial charge is 0.491 e. The average Bonchev–Trinajstić information content (AvgIpc) is 2.48. The molecule has 0 aliphatic rings. The summed E-state index contributed by atoms with van der Waals surface area (Å²) in [6.07, 6.45) is 0.119. The summed E-state index contributed by atoms with van der Waals surface area (Å²) in [5.74, 6) is 0.771. The molecule has 2 aromatic rings. The van der Waals surface area contributed by atoms with Gasteiger partial charge in [0.25, 0.3) is 0 Å². The minimum atomic E-state index is -3.36. The molecule has 0 aliphatic carbocycles. The van der Waals surface area contributed by atoms with Crippen molar-refractivity contribution in [1.29, 1.82) is 0 Å². The van der Waals surface area contributed by atoms with E-state index in [9.17, 15) is 8.42 Å². The van der Waals surface area contributed by atoms with Gasteiger partial charge in [0, 0.05) is 6.54 Å². The fourth-order valence-electron chi connectivity index (χ4n) is 2.11. The van der Waals surface area contributed by atoms with Crippen LogP contribution in [0.3, 0.4) is 0 Å². The summed E-state index contributed by atoms with van der Waals surface area (Å²) in [6, 6.07) is 14.9. The molecule has 0 bridgehead atoms. The summed E-state index contributed by atoms with van der Waals surface area (Å²) >= 11 is 0. The van der Waals surface area contributed by atoms with Gasteiger partial charge >= 0.3 is 0 Å². The molecule has 2 rings (SSSR count). The highest BCUT2D eigenvalue weighted by Gasteiger charge is 2.11. The first-order valence-electron chi connectivity index (χ1n) is 7.62. The van der Waals surface area contributed by atoms with Crippen molar-refractivity contribution < 1.29 is 13.2 Å². The molecule has 124 valence electrons. The van der Waals surface area contributed by atoms with E-state index in [0.29, 0.717) is 0 Å². The van der Waals surface area contributed by atoms with Gasteiger partial charge < -0.3 is 4.74 Å². The van der Waals surface area contributed by atoms with Crippen molar-refractivity contribution >= 4 is 10.0 Å². The minimum absolute atomic E-state index is 0.0121. The molecule has 0 saturated heterocycles. The number of aryl methyl sites for hydroxylation is 1. The van der Waals surface area contributed by atoms with E-state index in [4.69, 9.17) is 4.74 Å². The van der Waals surface area contributed by atoms with Crippen LogP contribution >= 0.6 is 0 Å². The number of sulfonamides is 1. The Morgan fingerprint density at radius 1 is 0.957 bits per heavy atom. The fraction of sp³-hybridized carbons (Fsp3) is 0.333. The van der Waals surface area contributed by atoms with Crippen molar-refractivity contribution in [3.8, 4) is 5.75 Å². The third-order valence-electron chi connectivity index (χ3n) is 3.27. The Morgan fingerprint density at radius 3 is 2.09 bits per heavy atom. The lowest BCUT2D eigenvalue weighted by Gasteiger charge is -2.11. The Bertz CT molecular complexity index is 720. The Hall–Kier alpha value is -1.85. The summed E-state index contributed by atoms with van der Waals surface area (Å²) in [6.45, 7) is 6.18. The van der Waals surface area contributed by atoms with E-state index in [-0.39, 0.29) is 18.4 Å². The van der Waals surface area contributed by atoms with Crippen LogP contribution in [0.25, 0.3) is 0 Å². The van der Waals surface area contributed by atoms with Crippen LogP contribution < -0.4 is 9.46 Å². The van der Waals surface area contributed by atoms with E-state index in [0.717, 1.165) is 22.4 Å². The summed E-state index contributed by atoms with van der Waals surface area (Å²) in [5, 5.41) is 0. The predicted molar refractivity (Wildman–Crippen MR) is 92.8 cm³/mol. The maximum absolute atomic E-state index is 12.1. The molecule has 4 nitrogen and oxygen atoms in total. The van der Waals surface area contributed by atoms with E-state index in [1.54, 1.807) is 0 Å². The van der Waals surface area contributed by atoms with Crippen LogP contribution in [0, 0.1) is 6.92 Å². The first-order valence-corrected chi connectivity index (χ1v) is 9.28. The smallest absolute Gasteiger partial charge is 0.216 e. The molecule has 5 heteroatoms. The monoisotopic (exact) mass is 333 g/mol. The molecule has 0 aromatic heterocycles. The second-order valence-electron chi connectivity index (χ2n) is 5.88. The van der Waals surface area contributed by atoms with Crippen LogP contribution in [-0.4, -0.2) is 14.5 Å². The summed E-state index contributed by atoms with van der Waals surface area (Å²) in [5.41, 5.74) is 2.79. The van der Waals surface area contributed by atoms with Crippen LogP contribution in [0.15, 0.2) is 48.5 Å². The number of benzene rings is 2. The average molecular weight is 333 g/mol. The molecular weight excluding hydrogens is 310 g/mol. The highest BCUT2D eigenvalue weighted by Crippen LogP contribution is 2.14. The first-order chi connectivity index (χ1) is 10.8. The lowest BCUT2D eigenvalue weighted by Crippen LogP contribution is -2.24. The van der Waals surface area contributed by atoms with Gasteiger partial charge in [-0.1, -0.05) is 42.0 Å². The molecule has 0 radical (unpaired) electrons. The molecule has 0 heterocycles. The van der Waals surface area contributed by atoms with Gasteiger partial charge in [0.05, 0.1) is 11.9 Å². The lowest BCUT2D eigenvalue weighted by molar-refractivity contribution is 0.242. The van der Waals surface area contributed by atoms with Crippen molar-refractivity contribution in [3.63, 3.8) is 0 Å². The van der Waals surface area contributed by atoms with Gasteiger partial charge in [0.15, 0.2) is 0 Å². The van der Waals surface area contributed by atoms with Crippen molar-refractivity contribution in [2.24, 2.45) is 0 Å². The molecule has 1 N–H and O–H groups in total. The Balaban J connectivity index is 1.92. The zero-order chi connectivity index (χ0) is 16.9. The molecule has 0 fully saturated rings. The van der Waals surface area contributed by atoms with Gasteiger partial charge in [-0.25, -0.2) is 13.1 Å². The van der Waals surface area contributed by atoms with E-state index in [2.05, 4.69) is 4.72 Å². The quantitative estimate of drug-likeness (QED) is 0.845. The standard InChI is InChI=1S/C18H23NO3S/c1-14(2)22-18-10-8-16(9-11-18)12-19-23(20,21)13-17-6-4-15(3)5-7-17/h4-11,14,19H,12-13H2,1-3H3. The molecule has 2 aromatic carbocycles. The first kappa shape index (κ1) is 17.5. The number of nitrogens with one attached hydrogen (secondary N) is 1. The lowest BCUT2D eigenvalue weighted by atomic mass is 10.2. The van der Waals surface area contributed by atoms with Gasteiger partial charge in [0.2, 0.25) is 10.0 Å². The number of ether oxygens (including phenoxy) is 1. The van der Waals surface area contributed by atoms with Crippen molar-refractivity contribution in [3.05, 3.63) is 65.2 Å². The van der Waals surface area contributed by atoms with Crippen molar-refractivity contribution in [2.75, 3.05) is 0 Å². The highest BCUT2D eigenvalue weighted by atomic mass is 32.2. The van der Waals surface area contributed by atoms with Gasteiger partial charge in [-0.15, -0.1) is 0 Å². The molecule has 0 unspecified atom stereocenters. The normalized spacial score (nSPS) is 11.7. The third kappa shape index (κ3) is 6.04. The summed E-state index contributed by atoms with van der Waals surface area (Å²) in [4.78, 5) is 0. The molecular formula is C18H23NO3S. The molecule has 0 amide bonds. The minimum Gasteiger partial charge on any atom is -0.491 e. The maximum atomic E-state index is 12.1. The van der Waals surface area contributed by atoms with Crippen molar-refractivity contribution in [1.82, 2.24) is 4.72 Å². The fourth-order valence-corrected chi connectivity index (χ4v) is 3.23.